The first-order valence-electron chi connectivity index (χ1n) is 2.99. The molecule has 0 aliphatic carbocycles. The van der Waals surface area contributed by atoms with Crippen LogP contribution in [0.15, 0.2) is 35.5 Å². The molecule has 2 heterocycles. The minimum absolute atomic E-state index is 0. The monoisotopic (exact) mass is 173 g/mol. The molecular formula is C7H6N2NaS. The molecule has 2 nitrogen and oxygen atoms in total. The predicted molar refractivity (Wildman–Crippen MR) is 48.2 cm³/mol. The fourth-order valence-corrected chi connectivity index (χ4v) is 1.20. The first-order valence-corrected chi connectivity index (χ1v) is 3.44. The Balaban J connectivity index is 0.000000605. The van der Waals surface area contributed by atoms with Gasteiger partial charge in [0, 0.05) is 40.6 Å². The van der Waals surface area contributed by atoms with E-state index in [0.717, 1.165) is 10.4 Å². The largest absolute Gasteiger partial charge is 0.240 e. The average molecular weight is 173 g/mol. The molecule has 1 radical (unpaired) electrons. The van der Waals surface area contributed by atoms with E-state index in [4.69, 9.17) is 0 Å². The van der Waals surface area contributed by atoms with Gasteiger partial charge in [0.25, 0.3) is 0 Å². The van der Waals surface area contributed by atoms with Crippen molar-refractivity contribution in [2.75, 3.05) is 0 Å². The van der Waals surface area contributed by atoms with E-state index < -0.39 is 0 Å². The molecule has 0 spiro atoms. The molecular weight excluding hydrogens is 167 g/mol. The molecule has 0 fully saturated rings. The maximum absolute atomic E-state index is 4.26. The summed E-state index contributed by atoms with van der Waals surface area (Å²) < 4.78 is 1.79. The first kappa shape index (κ1) is 9.13. The molecule has 0 saturated carbocycles. The minimum Gasteiger partial charge on any atom is -0.240 e. The van der Waals surface area contributed by atoms with Gasteiger partial charge in [0.1, 0.15) is 0 Å². The van der Waals surface area contributed by atoms with Crippen LogP contribution in [0.5, 0.6) is 0 Å². The summed E-state index contributed by atoms with van der Waals surface area (Å²) in [7, 11) is 0. The molecule has 4 heteroatoms. The molecule has 0 aromatic carbocycles. The topological polar surface area (TPSA) is 17.3 Å². The maximum atomic E-state index is 4.26. The van der Waals surface area contributed by atoms with Gasteiger partial charge in [0.05, 0.1) is 11.7 Å². The van der Waals surface area contributed by atoms with Gasteiger partial charge in [-0.3, -0.25) is 0 Å². The van der Waals surface area contributed by atoms with Crippen LogP contribution < -0.4 is 0 Å². The summed E-state index contributed by atoms with van der Waals surface area (Å²) in [5.41, 5.74) is 1.05. The van der Waals surface area contributed by atoms with Crippen LogP contribution in [0.3, 0.4) is 0 Å². The zero-order chi connectivity index (χ0) is 6.97. The van der Waals surface area contributed by atoms with Crippen LogP contribution in [0.25, 0.3) is 5.52 Å². The first-order chi connectivity index (χ1) is 4.88. The Hall–Kier alpha value is 0.0400. The number of nitrogens with zero attached hydrogens (tertiary/aromatic N) is 2. The van der Waals surface area contributed by atoms with Crippen LogP contribution in [0.1, 0.15) is 0 Å². The second-order valence-corrected chi connectivity index (χ2v) is 2.54. The van der Waals surface area contributed by atoms with Crippen LogP contribution in [-0.2, 0) is 0 Å². The number of fused-ring (bicyclic) bond motifs is 1. The molecule has 11 heavy (non-hydrogen) atoms. The van der Waals surface area contributed by atoms with Gasteiger partial charge < -0.3 is 0 Å². The summed E-state index contributed by atoms with van der Waals surface area (Å²) in [6, 6.07) is 5.80. The molecule has 0 amide bonds. The molecule has 0 unspecified atom stereocenters. The number of aromatic nitrogens is 2. The van der Waals surface area contributed by atoms with Crippen molar-refractivity contribution in [1.29, 1.82) is 0 Å². The predicted octanol–water partition coefficient (Wildman–Crippen LogP) is 1.24. The molecule has 0 bridgehead atoms. The van der Waals surface area contributed by atoms with E-state index >= 15 is 0 Å². The molecule has 0 saturated heterocycles. The van der Waals surface area contributed by atoms with E-state index in [1.807, 2.05) is 24.4 Å². The van der Waals surface area contributed by atoms with E-state index in [1.165, 1.54) is 0 Å². The van der Waals surface area contributed by atoms with E-state index in [2.05, 4.69) is 17.7 Å². The van der Waals surface area contributed by atoms with Crippen LogP contribution in [0.4, 0.5) is 0 Å². The summed E-state index contributed by atoms with van der Waals surface area (Å²) in [6.45, 7) is 0. The quantitative estimate of drug-likeness (QED) is 0.468. The third-order valence-corrected chi connectivity index (χ3v) is 1.79. The Morgan fingerprint density at radius 2 is 2.18 bits per heavy atom. The van der Waals surface area contributed by atoms with Crippen LogP contribution in [0.2, 0.25) is 0 Å². The van der Waals surface area contributed by atoms with Gasteiger partial charge in [0.2, 0.25) is 0 Å². The van der Waals surface area contributed by atoms with Crippen molar-refractivity contribution in [2.45, 2.75) is 4.90 Å². The van der Waals surface area contributed by atoms with Gasteiger partial charge >= 0.3 is 0 Å². The van der Waals surface area contributed by atoms with Crippen molar-refractivity contribution < 1.29 is 0 Å². The zero-order valence-corrected chi connectivity index (χ0v) is 9.12. The maximum Gasteiger partial charge on any atom is 0.0794 e. The Morgan fingerprint density at radius 3 is 2.91 bits per heavy atom. The van der Waals surface area contributed by atoms with Crippen LogP contribution in [0, 0.1) is 0 Å². The Bertz CT molecular complexity index is 358. The van der Waals surface area contributed by atoms with Gasteiger partial charge in [-0.1, -0.05) is 0 Å². The van der Waals surface area contributed by atoms with E-state index in [9.17, 15) is 0 Å². The third-order valence-electron chi connectivity index (χ3n) is 1.41. The fraction of sp³-hybridized carbons (Fsp3) is 0. The zero-order valence-electron chi connectivity index (χ0n) is 6.23. The standard InChI is InChI=1S/C7H6N2S.Na/c10-7-2-1-5-9-6(7)3-4-8-9;/h1-5,10H;. The van der Waals surface area contributed by atoms with Gasteiger partial charge in [0.15, 0.2) is 0 Å². The molecule has 0 aliphatic heterocycles. The summed E-state index contributed by atoms with van der Waals surface area (Å²) >= 11 is 4.26. The number of thiol groups is 1. The van der Waals surface area contributed by atoms with E-state index in [0.29, 0.717) is 0 Å². The average Bonchev–Trinajstić information content (AvgIpc) is 2.36. The van der Waals surface area contributed by atoms with Gasteiger partial charge in [-0.15, -0.1) is 12.6 Å². The van der Waals surface area contributed by atoms with Gasteiger partial charge in [-0.05, 0) is 18.2 Å². The Kier molecular flexibility index (Phi) is 3.01. The van der Waals surface area contributed by atoms with Crippen molar-refractivity contribution in [1.82, 2.24) is 9.61 Å². The second-order valence-electron chi connectivity index (χ2n) is 2.05. The number of hydrogen-bond donors (Lipinski definition) is 1. The molecule has 0 aliphatic rings. The molecule has 2 rings (SSSR count). The smallest absolute Gasteiger partial charge is 0.0794 e. The Labute approximate surface area is 92.3 Å². The molecule has 0 N–H and O–H groups in total. The Morgan fingerprint density at radius 1 is 1.36 bits per heavy atom. The summed E-state index contributed by atoms with van der Waals surface area (Å²) in [6.07, 6.45) is 3.66. The van der Waals surface area contributed by atoms with Crippen molar-refractivity contribution in [3.05, 3.63) is 30.6 Å². The van der Waals surface area contributed by atoms with Crippen molar-refractivity contribution >= 4 is 47.7 Å². The minimum atomic E-state index is 0. The number of pyridine rings is 1. The van der Waals surface area contributed by atoms with E-state index in [1.54, 1.807) is 10.7 Å². The van der Waals surface area contributed by atoms with Crippen molar-refractivity contribution in [3.8, 4) is 0 Å². The molecule has 2 aromatic heterocycles. The summed E-state index contributed by atoms with van der Waals surface area (Å²) in [5, 5.41) is 4.05. The van der Waals surface area contributed by atoms with Crippen molar-refractivity contribution in [3.63, 3.8) is 0 Å². The third kappa shape index (κ3) is 1.62. The number of rotatable bonds is 0. The van der Waals surface area contributed by atoms with Crippen molar-refractivity contribution in [2.24, 2.45) is 0 Å². The second kappa shape index (κ2) is 3.63. The molecule has 51 valence electrons. The SMILES string of the molecule is Sc1cccn2nccc12.[Na]. The summed E-state index contributed by atoms with van der Waals surface area (Å²) in [4.78, 5) is 0.958. The van der Waals surface area contributed by atoms with Crippen LogP contribution >= 0.6 is 12.6 Å². The fourth-order valence-electron chi connectivity index (χ4n) is 0.937. The normalized spacial score (nSPS) is 9.55. The van der Waals surface area contributed by atoms with E-state index in [-0.39, 0.29) is 29.6 Å². The molecule has 0 atom stereocenters. The van der Waals surface area contributed by atoms with Crippen LogP contribution in [-0.4, -0.2) is 39.2 Å². The number of hydrogen-bond acceptors (Lipinski definition) is 2. The summed E-state index contributed by atoms with van der Waals surface area (Å²) in [5.74, 6) is 0. The molecule has 2 aromatic rings. The van der Waals surface area contributed by atoms with Gasteiger partial charge in [-0.25, -0.2) is 4.52 Å². The van der Waals surface area contributed by atoms with Gasteiger partial charge in [-0.2, -0.15) is 5.10 Å².